The molecule has 3 N–H and O–H groups in total. The zero-order valence-corrected chi connectivity index (χ0v) is 9.54. The molecule has 88 valence electrons. The number of benzene rings is 1. The second-order valence-electron chi connectivity index (χ2n) is 3.17. The molecule has 1 rings (SSSR count). The summed E-state index contributed by atoms with van der Waals surface area (Å²) in [6.07, 6.45) is 0.955. The molecular weight excluding hydrogens is 234 g/mol. The molecule has 1 aromatic rings. The maximum absolute atomic E-state index is 11.3. The number of nitrogen functional groups attached to an aromatic ring is 1. The van der Waals surface area contributed by atoms with E-state index in [0.29, 0.717) is 0 Å². The van der Waals surface area contributed by atoms with Crippen LogP contribution in [0.2, 0.25) is 0 Å². The van der Waals surface area contributed by atoms with Crippen LogP contribution < -0.4 is 10.5 Å². The molecule has 1 aromatic carbocycles. The molecule has 0 aliphatic carbocycles. The van der Waals surface area contributed by atoms with Crippen molar-refractivity contribution >= 4 is 21.5 Å². The summed E-state index contributed by atoms with van der Waals surface area (Å²) in [5, 5.41) is 8.86. The number of nitrogens with two attached hydrogens (primary N) is 1. The molecule has 0 saturated carbocycles. The molecule has 0 aromatic heterocycles. The number of sulfone groups is 1. The molecule has 0 amide bonds. The summed E-state index contributed by atoms with van der Waals surface area (Å²) in [7, 11) is -2.28. The first kappa shape index (κ1) is 12.3. The lowest BCUT2D eigenvalue weighted by molar-refractivity contribution is 0.0693. The first-order valence-corrected chi connectivity index (χ1v) is 6.07. The largest absolute Gasteiger partial charge is 0.496 e. The van der Waals surface area contributed by atoms with Gasteiger partial charge in [0, 0.05) is 12.3 Å². The molecule has 0 aliphatic rings. The van der Waals surface area contributed by atoms with Gasteiger partial charge in [-0.15, -0.1) is 0 Å². The van der Waals surface area contributed by atoms with Crippen molar-refractivity contribution in [2.45, 2.75) is 4.90 Å². The zero-order valence-electron chi connectivity index (χ0n) is 8.72. The van der Waals surface area contributed by atoms with E-state index in [0.717, 1.165) is 12.3 Å². The molecule has 0 bridgehead atoms. The van der Waals surface area contributed by atoms with Gasteiger partial charge >= 0.3 is 5.97 Å². The highest BCUT2D eigenvalue weighted by atomic mass is 32.2. The number of anilines is 1. The second kappa shape index (κ2) is 4.01. The Morgan fingerprint density at radius 1 is 1.44 bits per heavy atom. The maximum atomic E-state index is 11.3. The van der Waals surface area contributed by atoms with E-state index in [4.69, 9.17) is 15.6 Å². The summed E-state index contributed by atoms with van der Waals surface area (Å²) in [6, 6.07) is 2.17. The average molecular weight is 245 g/mol. The van der Waals surface area contributed by atoms with Crippen molar-refractivity contribution in [1.82, 2.24) is 0 Å². The standard InChI is InChI=1S/C9H11NO5S/c1-15-7-4-6(10)8(16(2,13)14)3-5(7)9(11)12/h3-4H,10H2,1-2H3,(H,11,12). The fourth-order valence-electron chi connectivity index (χ4n) is 1.23. The van der Waals surface area contributed by atoms with Crippen LogP contribution in [0.4, 0.5) is 5.69 Å². The molecule has 0 spiro atoms. The number of methoxy groups -OCH3 is 1. The summed E-state index contributed by atoms with van der Waals surface area (Å²) in [5.74, 6) is -1.25. The number of aromatic carboxylic acids is 1. The van der Waals surface area contributed by atoms with Crippen molar-refractivity contribution in [3.63, 3.8) is 0 Å². The molecule has 6 nitrogen and oxygen atoms in total. The van der Waals surface area contributed by atoms with E-state index in [1.165, 1.54) is 13.2 Å². The van der Waals surface area contributed by atoms with Gasteiger partial charge in [-0.1, -0.05) is 0 Å². The predicted octanol–water partition coefficient (Wildman–Crippen LogP) is 0.379. The minimum atomic E-state index is -3.56. The van der Waals surface area contributed by atoms with Crippen molar-refractivity contribution in [1.29, 1.82) is 0 Å². The summed E-state index contributed by atoms with van der Waals surface area (Å²) in [4.78, 5) is 10.6. The number of rotatable bonds is 3. The highest BCUT2D eigenvalue weighted by Crippen LogP contribution is 2.28. The smallest absolute Gasteiger partial charge is 0.339 e. The number of hydrogen-bond donors (Lipinski definition) is 2. The lowest BCUT2D eigenvalue weighted by Crippen LogP contribution is -2.08. The van der Waals surface area contributed by atoms with Gasteiger partial charge in [-0.05, 0) is 6.07 Å². The third-order valence-electron chi connectivity index (χ3n) is 1.96. The lowest BCUT2D eigenvalue weighted by Gasteiger charge is -2.09. The van der Waals surface area contributed by atoms with Crippen LogP contribution in [0.25, 0.3) is 0 Å². The number of carboxylic acids is 1. The van der Waals surface area contributed by atoms with Crippen LogP contribution in [0, 0.1) is 0 Å². The van der Waals surface area contributed by atoms with Crippen LogP contribution in [0.3, 0.4) is 0 Å². The van der Waals surface area contributed by atoms with Crippen molar-refractivity contribution in [3.8, 4) is 5.75 Å². The van der Waals surface area contributed by atoms with E-state index in [2.05, 4.69) is 0 Å². The first-order valence-electron chi connectivity index (χ1n) is 4.18. The maximum Gasteiger partial charge on any atom is 0.339 e. The molecule has 0 aliphatic heterocycles. The van der Waals surface area contributed by atoms with Crippen LogP contribution in [-0.2, 0) is 9.84 Å². The van der Waals surface area contributed by atoms with Crippen molar-refractivity contribution in [2.24, 2.45) is 0 Å². The van der Waals surface area contributed by atoms with Crippen LogP contribution in [0.5, 0.6) is 5.75 Å². The third kappa shape index (κ3) is 2.25. The van der Waals surface area contributed by atoms with E-state index in [1.807, 2.05) is 0 Å². The highest BCUT2D eigenvalue weighted by molar-refractivity contribution is 7.90. The Bertz CT molecular complexity index is 535. The Kier molecular flexibility index (Phi) is 3.09. The van der Waals surface area contributed by atoms with E-state index in [9.17, 15) is 13.2 Å². The summed E-state index contributed by atoms with van der Waals surface area (Å²) < 4.78 is 27.4. The third-order valence-corrected chi connectivity index (χ3v) is 3.11. The molecular formula is C9H11NO5S. The summed E-state index contributed by atoms with van der Waals surface area (Å²) in [6.45, 7) is 0. The minimum Gasteiger partial charge on any atom is -0.496 e. The van der Waals surface area contributed by atoms with Crippen LogP contribution in [0.15, 0.2) is 17.0 Å². The summed E-state index contributed by atoms with van der Waals surface area (Å²) in [5.41, 5.74) is 5.22. The van der Waals surface area contributed by atoms with E-state index in [-0.39, 0.29) is 21.9 Å². The Hall–Kier alpha value is -1.76. The van der Waals surface area contributed by atoms with Gasteiger partial charge in [0.2, 0.25) is 0 Å². The molecule has 0 fully saturated rings. The average Bonchev–Trinajstić information content (AvgIpc) is 2.14. The number of hydrogen-bond acceptors (Lipinski definition) is 5. The van der Waals surface area contributed by atoms with Crippen LogP contribution in [-0.4, -0.2) is 32.9 Å². The lowest BCUT2D eigenvalue weighted by atomic mass is 10.2. The topological polar surface area (TPSA) is 107 Å². The molecule has 0 atom stereocenters. The fraction of sp³-hybridized carbons (Fsp3) is 0.222. The molecule has 0 unspecified atom stereocenters. The Morgan fingerprint density at radius 2 is 2.00 bits per heavy atom. The van der Waals surface area contributed by atoms with Crippen molar-refractivity contribution in [3.05, 3.63) is 17.7 Å². The highest BCUT2D eigenvalue weighted by Gasteiger charge is 2.19. The predicted molar refractivity (Wildman–Crippen MR) is 57.5 cm³/mol. The fourth-order valence-corrected chi connectivity index (χ4v) is 2.05. The SMILES string of the molecule is COc1cc(N)c(S(C)(=O)=O)cc1C(=O)O. The van der Waals surface area contributed by atoms with Gasteiger partial charge in [-0.3, -0.25) is 0 Å². The van der Waals surface area contributed by atoms with E-state index < -0.39 is 15.8 Å². The Labute approximate surface area is 92.6 Å². The second-order valence-corrected chi connectivity index (χ2v) is 5.15. The van der Waals surface area contributed by atoms with Gasteiger partial charge in [0.25, 0.3) is 0 Å². The first-order chi connectivity index (χ1) is 7.27. The number of carbonyl (C=O) groups is 1. The van der Waals surface area contributed by atoms with Crippen LogP contribution in [0.1, 0.15) is 10.4 Å². The Morgan fingerprint density at radius 3 is 2.38 bits per heavy atom. The number of carboxylic acid groups (broad SMARTS) is 1. The minimum absolute atomic E-state index is 0.0254. The van der Waals surface area contributed by atoms with E-state index >= 15 is 0 Å². The molecule has 7 heteroatoms. The molecule has 16 heavy (non-hydrogen) atoms. The van der Waals surface area contributed by atoms with Crippen LogP contribution >= 0.6 is 0 Å². The Balaban J connectivity index is 3.58. The van der Waals surface area contributed by atoms with Gasteiger partial charge in [0.05, 0.1) is 17.7 Å². The molecule has 0 heterocycles. The van der Waals surface area contributed by atoms with Crippen molar-refractivity contribution < 1.29 is 23.1 Å². The van der Waals surface area contributed by atoms with Gasteiger partial charge in [-0.25, -0.2) is 13.2 Å². The molecule has 0 radical (unpaired) electrons. The molecule has 0 saturated heterocycles. The normalized spacial score (nSPS) is 11.1. The monoisotopic (exact) mass is 245 g/mol. The summed E-state index contributed by atoms with van der Waals surface area (Å²) >= 11 is 0. The van der Waals surface area contributed by atoms with E-state index in [1.54, 1.807) is 0 Å². The zero-order chi connectivity index (χ0) is 12.5. The van der Waals surface area contributed by atoms with Gasteiger partial charge in [0.1, 0.15) is 11.3 Å². The number of ether oxygens (including phenoxy) is 1. The van der Waals surface area contributed by atoms with Gasteiger partial charge in [0.15, 0.2) is 9.84 Å². The van der Waals surface area contributed by atoms with Crippen molar-refractivity contribution in [2.75, 3.05) is 19.1 Å². The quantitative estimate of drug-likeness (QED) is 0.745. The van der Waals surface area contributed by atoms with Gasteiger partial charge < -0.3 is 15.6 Å². The van der Waals surface area contributed by atoms with Gasteiger partial charge in [-0.2, -0.15) is 0 Å².